The molecule has 1 fully saturated rings. The van der Waals surface area contributed by atoms with Gasteiger partial charge in [-0.2, -0.15) is 4.31 Å². The molecule has 0 radical (unpaired) electrons. The lowest BCUT2D eigenvalue weighted by atomic mass is 10.1. The van der Waals surface area contributed by atoms with E-state index in [4.69, 9.17) is 4.74 Å². The van der Waals surface area contributed by atoms with Crippen molar-refractivity contribution in [1.82, 2.24) is 14.3 Å². The van der Waals surface area contributed by atoms with Crippen LogP contribution in [0.5, 0.6) is 5.88 Å². The van der Waals surface area contributed by atoms with E-state index in [1.807, 2.05) is 24.3 Å². The van der Waals surface area contributed by atoms with Crippen molar-refractivity contribution < 1.29 is 22.7 Å². The third-order valence-corrected chi connectivity index (χ3v) is 7.70. The summed E-state index contributed by atoms with van der Waals surface area (Å²) in [5.41, 5.74) is 1.54. The van der Waals surface area contributed by atoms with E-state index in [2.05, 4.69) is 14.7 Å². The van der Waals surface area contributed by atoms with E-state index in [1.165, 1.54) is 17.5 Å². The maximum atomic E-state index is 13.0. The number of fused-ring (bicyclic) bond motifs is 1. The molecule has 3 aromatic rings. The largest absolute Gasteiger partial charge is 0.473 e. The highest BCUT2D eigenvalue weighted by Gasteiger charge is 2.34. The molecule has 0 spiro atoms. The van der Waals surface area contributed by atoms with E-state index in [9.17, 15) is 13.2 Å². The number of methoxy groups -OCH3 is 1. The first-order valence-electron chi connectivity index (χ1n) is 9.03. The van der Waals surface area contributed by atoms with Crippen molar-refractivity contribution in [2.75, 3.05) is 20.2 Å². The van der Waals surface area contributed by atoms with E-state index in [0.717, 1.165) is 22.4 Å². The smallest absolute Gasteiger partial charge is 0.349 e. The van der Waals surface area contributed by atoms with Gasteiger partial charge in [-0.15, -0.1) is 11.3 Å². The molecule has 0 aliphatic carbocycles. The fourth-order valence-corrected chi connectivity index (χ4v) is 6.02. The van der Waals surface area contributed by atoms with Crippen molar-refractivity contribution in [3.63, 3.8) is 0 Å². The molecule has 1 saturated heterocycles. The van der Waals surface area contributed by atoms with Crippen molar-refractivity contribution in [2.24, 2.45) is 0 Å². The zero-order chi connectivity index (χ0) is 20.4. The minimum Gasteiger partial charge on any atom is -0.473 e. The number of aromatic nitrogens is 2. The van der Waals surface area contributed by atoms with Gasteiger partial charge in [-0.05, 0) is 36.4 Å². The first-order chi connectivity index (χ1) is 14.0. The summed E-state index contributed by atoms with van der Waals surface area (Å²) in [6.45, 7) is 0.592. The van der Waals surface area contributed by atoms with E-state index in [1.54, 1.807) is 11.6 Å². The third kappa shape index (κ3) is 3.96. The zero-order valence-electron chi connectivity index (χ0n) is 15.6. The summed E-state index contributed by atoms with van der Waals surface area (Å²) in [5, 5.41) is 1.58. The van der Waals surface area contributed by atoms with E-state index >= 15 is 0 Å². The topological polar surface area (TPSA) is 98.7 Å². The number of esters is 1. The maximum Gasteiger partial charge on any atom is 0.349 e. The Morgan fingerprint density at radius 1 is 1.17 bits per heavy atom. The summed E-state index contributed by atoms with van der Waals surface area (Å²) in [5.74, 6) is -0.220. The Kier molecular flexibility index (Phi) is 5.48. The minimum atomic E-state index is -3.77. The van der Waals surface area contributed by atoms with Crippen LogP contribution < -0.4 is 4.74 Å². The fourth-order valence-electron chi connectivity index (χ4n) is 3.24. The Bertz CT molecular complexity index is 1140. The molecule has 8 nitrogen and oxygen atoms in total. The summed E-state index contributed by atoms with van der Waals surface area (Å²) in [6.07, 6.45) is 2.47. The molecule has 1 aliphatic rings. The Morgan fingerprint density at radius 3 is 2.62 bits per heavy atom. The quantitative estimate of drug-likeness (QED) is 0.571. The number of carbonyl (C=O) groups is 1. The second kappa shape index (κ2) is 8.05. The van der Waals surface area contributed by atoms with Crippen LogP contribution in [0.3, 0.4) is 0 Å². The molecule has 0 unspecified atom stereocenters. The van der Waals surface area contributed by atoms with Gasteiger partial charge in [-0.25, -0.2) is 23.2 Å². The molecule has 0 amide bonds. The Labute approximate surface area is 172 Å². The highest BCUT2D eigenvalue weighted by atomic mass is 32.2. The molecule has 0 N–H and O–H groups in total. The number of sulfonamides is 1. The van der Waals surface area contributed by atoms with Gasteiger partial charge in [0.25, 0.3) is 0 Å². The molecule has 10 heteroatoms. The summed E-state index contributed by atoms with van der Waals surface area (Å²) in [4.78, 5) is 20.7. The second-order valence-electron chi connectivity index (χ2n) is 6.52. The number of para-hydroxylation sites is 2. The van der Waals surface area contributed by atoms with Gasteiger partial charge in [0.2, 0.25) is 15.9 Å². The highest BCUT2D eigenvalue weighted by molar-refractivity contribution is 7.89. The Balaban J connectivity index is 1.43. The summed E-state index contributed by atoms with van der Waals surface area (Å²) < 4.78 is 37.9. The molecule has 4 rings (SSSR count). The Hall–Kier alpha value is -2.56. The third-order valence-electron chi connectivity index (χ3n) is 4.73. The normalized spacial score (nSPS) is 16.0. The van der Waals surface area contributed by atoms with Crippen molar-refractivity contribution in [3.05, 3.63) is 46.8 Å². The number of carbonyl (C=O) groups excluding carboxylic acids is 1. The molecule has 29 heavy (non-hydrogen) atoms. The number of piperidine rings is 1. The number of nitrogens with zero attached hydrogens (tertiary/aromatic N) is 3. The molecule has 2 aromatic heterocycles. The molecule has 1 aromatic carbocycles. The van der Waals surface area contributed by atoms with Gasteiger partial charge in [0, 0.05) is 13.1 Å². The zero-order valence-corrected chi connectivity index (χ0v) is 17.3. The first-order valence-corrected chi connectivity index (χ1v) is 11.4. The minimum absolute atomic E-state index is 0.00545. The average molecular weight is 434 g/mol. The number of rotatable bonds is 5. The predicted molar refractivity (Wildman–Crippen MR) is 108 cm³/mol. The number of hydrogen-bond acceptors (Lipinski definition) is 8. The van der Waals surface area contributed by atoms with Crippen LogP contribution in [-0.2, 0) is 14.8 Å². The summed E-state index contributed by atoms with van der Waals surface area (Å²) >= 11 is 1.06. The van der Waals surface area contributed by atoms with E-state index in [0.29, 0.717) is 31.8 Å². The first kappa shape index (κ1) is 19.7. The average Bonchev–Trinajstić information content (AvgIpc) is 3.24. The Morgan fingerprint density at radius 2 is 1.90 bits per heavy atom. The summed E-state index contributed by atoms with van der Waals surface area (Å²) in [6, 6.07) is 8.97. The van der Waals surface area contributed by atoms with Gasteiger partial charge >= 0.3 is 5.97 Å². The van der Waals surface area contributed by atoms with Crippen molar-refractivity contribution >= 4 is 38.4 Å². The van der Waals surface area contributed by atoms with Crippen LogP contribution in [0.2, 0.25) is 0 Å². The van der Waals surface area contributed by atoms with Crippen LogP contribution in [0.15, 0.2) is 46.8 Å². The second-order valence-corrected chi connectivity index (χ2v) is 9.35. The monoisotopic (exact) mass is 433 g/mol. The fraction of sp³-hybridized carbons (Fsp3) is 0.316. The predicted octanol–water partition coefficient (Wildman–Crippen LogP) is 2.71. The van der Waals surface area contributed by atoms with Crippen LogP contribution in [-0.4, -0.2) is 55.0 Å². The van der Waals surface area contributed by atoms with Gasteiger partial charge in [0.05, 0.1) is 24.3 Å². The summed E-state index contributed by atoms with van der Waals surface area (Å²) in [7, 11) is -2.54. The lowest BCUT2D eigenvalue weighted by molar-refractivity contribution is 0.0602. The van der Waals surface area contributed by atoms with Crippen LogP contribution in [0.1, 0.15) is 22.5 Å². The molecule has 1 aliphatic heterocycles. The molecule has 0 bridgehead atoms. The van der Waals surface area contributed by atoms with Crippen molar-refractivity contribution in [1.29, 1.82) is 0 Å². The van der Waals surface area contributed by atoms with Crippen molar-refractivity contribution in [2.45, 2.75) is 23.8 Å². The van der Waals surface area contributed by atoms with Gasteiger partial charge in [-0.1, -0.05) is 12.1 Å². The van der Waals surface area contributed by atoms with Gasteiger partial charge in [-0.3, -0.25) is 0 Å². The lowest BCUT2D eigenvalue weighted by Crippen LogP contribution is -2.42. The van der Waals surface area contributed by atoms with Crippen molar-refractivity contribution in [3.8, 4) is 5.88 Å². The number of hydrogen-bond donors (Lipinski definition) is 0. The van der Waals surface area contributed by atoms with E-state index in [-0.39, 0.29) is 15.9 Å². The van der Waals surface area contributed by atoms with Crippen LogP contribution in [0.4, 0.5) is 0 Å². The van der Waals surface area contributed by atoms with Crippen LogP contribution in [0, 0.1) is 0 Å². The lowest BCUT2D eigenvalue weighted by Gasteiger charge is -2.31. The molecular weight excluding hydrogens is 414 g/mol. The number of benzene rings is 1. The van der Waals surface area contributed by atoms with Crippen LogP contribution >= 0.6 is 11.3 Å². The van der Waals surface area contributed by atoms with Gasteiger partial charge < -0.3 is 9.47 Å². The standard InChI is InChI=1S/C19H19N3O5S2/c1-26-19(23)18-16(8-11-28-18)29(24,25)22-9-6-13(7-10-22)27-17-12-20-14-4-2-3-5-15(14)21-17/h2-5,8,11-13H,6-7,9-10H2,1H3. The molecule has 0 atom stereocenters. The molecular formula is C19H19N3O5S2. The molecule has 3 heterocycles. The van der Waals surface area contributed by atoms with Crippen LogP contribution in [0.25, 0.3) is 11.0 Å². The van der Waals surface area contributed by atoms with Gasteiger partial charge in [0.15, 0.2) is 0 Å². The molecule has 0 saturated carbocycles. The van der Waals surface area contributed by atoms with Gasteiger partial charge in [0.1, 0.15) is 15.9 Å². The maximum absolute atomic E-state index is 13.0. The molecule has 152 valence electrons. The highest BCUT2D eigenvalue weighted by Crippen LogP contribution is 2.28. The number of thiophene rings is 1. The SMILES string of the molecule is COC(=O)c1sccc1S(=O)(=O)N1CCC(Oc2cnc3ccccc3n2)CC1. The van der Waals surface area contributed by atoms with E-state index < -0.39 is 16.0 Å². The number of ether oxygens (including phenoxy) is 2.